The lowest BCUT2D eigenvalue weighted by Gasteiger charge is -2.05. The number of allylic oxidation sites excluding steroid dienone is 1. The lowest BCUT2D eigenvalue weighted by Crippen LogP contribution is -1.96. The van der Waals surface area contributed by atoms with Crippen LogP contribution in [0.25, 0.3) is 17.3 Å². The zero-order valence-electron chi connectivity index (χ0n) is 7.96. The monoisotopic (exact) mass is 196 g/mol. The van der Waals surface area contributed by atoms with Crippen molar-refractivity contribution in [2.24, 2.45) is 0 Å². The van der Waals surface area contributed by atoms with Gasteiger partial charge in [0.05, 0.1) is 6.20 Å². The van der Waals surface area contributed by atoms with Crippen molar-refractivity contribution in [3.8, 4) is 11.3 Å². The summed E-state index contributed by atoms with van der Waals surface area (Å²) in [5.41, 5.74) is 4.43. The first-order valence-electron chi connectivity index (χ1n) is 4.75. The lowest BCUT2D eigenvalue weighted by atomic mass is 10.0. The van der Waals surface area contributed by atoms with Crippen LogP contribution < -0.4 is 0 Å². The summed E-state index contributed by atoms with van der Waals surface area (Å²) in [6.45, 7) is 0. The number of aromatic nitrogens is 4. The van der Waals surface area contributed by atoms with Crippen LogP contribution in [0.15, 0.2) is 30.5 Å². The highest BCUT2D eigenvalue weighted by atomic mass is 15.4. The Morgan fingerprint density at radius 2 is 2.13 bits per heavy atom. The van der Waals surface area contributed by atoms with Crippen molar-refractivity contribution in [1.82, 2.24) is 20.6 Å². The van der Waals surface area contributed by atoms with Crippen molar-refractivity contribution >= 4 is 6.08 Å². The Morgan fingerprint density at radius 1 is 1.13 bits per heavy atom. The molecule has 1 aromatic carbocycles. The zero-order chi connectivity index (χ0) is 10.1. The molecular weight excluding hydrogens is 188 g/mol. The second kappa shape index (κ2) is 3.24. The Hall–Kier alpha value is -2.10. The third-order valence-electron chi connectivity index (χ3n) is 2.53. The quantitative estimate of drug-likeness (QED) is 0.693. The molecule has 1 aliphatic carbocycles. The van der Waals surface area contributed by atoms with E-state index < -0.39 is 0 Å². The number of rotatable bonds is 1. The lowest BCUT2D eigenvalue weighted by molar-refractivity contribution is 0.766. The first-order valence-corrected chi connectivity index (χ1v) is 4.75. The second-order valence-corrected chi connectivity index (χ2v) is 3.39. The summed E-state index contributed by atoms with van der Waals surface area (Å²) in [5, 5.41) is 14.7. The third kappa shape index (κ3) is 1.30. The molecule has 0 radical (unpaired) electrons. The molecule has 0 amide bonds. The maximum absolute atomic E-state index is 3.98. The highest BCUT2D eigenvalue weighted by Gasteiger charge is 2.12. The van der Waals surface area contributed by atoms with E-state index in [0.717, 1.165) is 17.7 Å². The van der Waals surface area contributed by atoms with Gasteiger partial charge in [-0.3, -0.25) is 0 Å². The molecule has 0 atom stereocenters. The van der Waals surface area contributed by atoms with Gasteiger partial charge in [-0.25, -0.2) is 0 Å². The van der Waals surface area contributed by atoms with Crippen molar-refractivity contribution in [3.63, 3.8) is 0 Å². The molecule has 0 aliphatic heterocycles. The average molecular weight is 196 g/mol. The van der Waals surface area contributed by atoms with Crippen molar-refractivity contribution in [3.05, 3.63) is 41.6 Å². The standard InChI is InChI=1S/C11H8N4/c1-3-8-4-2-6-10(9(8)5-1)11-7-12-14-15-13-11/h1-4,6-7H,5H2. The summed E-state index contributed by atoms with van der Waals surface area (Å²) in [7, 11) is 0. The van der Waals surface area contributed by atoms with Crippen molar-refractivity contribution in [1.29, 1.82) is 0 Å². The smallest absolute Gasteiger partial charge is 0.115 e. The first-order chi connectivity index (χ1) is 7.45. The maximum Gasteiger partial charge on any atom is 0.115 e. The fourth-order valence-electron chi connectivity index (χ4n) is 1.85. The van der Waals surface area contributed by atoms with E-state index in [1.165, 1.54) is 11.1 Å². The first kappa shape index (κ1) is 8.23. The second-order valence-electron chi connectivity index (χ2n) is 3.39. The van der Waals surface area contributed by atoms with Gasteiger partial charge in [0.2, 0.25) is 0 Å². The summed E-state index contributed by atoms with van der Waals surface area (Å²) in [6, 6.07) is 6.16. The van der Waals surface area contributed by atoms with Crippen LogP contribution >= 0.6 is 0 Å². The molecule has 4 nitrogen and oxygen atoms in total. The fourth-order valence-corrected chi connectivity index (χ4v) is 1.85. The summed E-state index contributed by atoms with van der Waals surface area (Å²) >= 11 is 0. The van der Waals surface area contributed by atoms with Crippen molar-refractivity contribution in [2.45, 2.75) is 6.42 Å². The summed E-state index contributed by atoms with van der Waals surface area (Å²) in [6.07, 6.45) is 6.87. The average Bonchev–Trinajstić information content (AvgIpc) is 2.78. The Kier molecular flexibility index (Phi) is 1.78. The van der Waals surface area contributed by atoms with Gasteiger partial charge < -0.3 is 0 Å². The molecule has 0 fully saturated rings. The van der Waals surface area contributed by atoms with Crippen LogP contribution in [0, 0.1) is 0 Å². The molecule has 1 aromatic heterocycles. The van der Waals surface area contributed by atoms with E-state index in [2.05, 4.69) is 38.8 Å². The maximum atomic E-state index is 3.98. The molecular formula is C11H8N4. The van der Waals surface area contributed by atoms with Crippen molar-refractivity contribution in [2.75, 3.05) is 0 Å². The predicted octanol–water partition coefficient (Wildman–Crippen LogP) is 1.50. The van der Waals surface area contributed by atoms with Gasteiger partial charge in [-0.05, 0) is 28.0 Å². The summed E-state index contributed by atoms with van der Waals surface area (Å²) in [5.74, 6) is 0. The van der Waals surface area contributed by atoms with E-state index in [1.54, 1.807) is 6.20 Å². The fraction of sp³-hybridized carbons (Fsp3) is 0.0909. The molecule has 2 aromatic rings. The topological polar surface area (TPSA) is 51.6 Å². The van der Waals surface area contributed by atoms with E-state index in [9.17, 15) is 0 Å². The molecule has 4 heteroatoms. The summed E-state index contributed by atoms with van der Waals surface area (Å²) in [4.78, 5) is 0. The number of nitrogens with zero attached hydrogens (tertiary/aromatic N) is 4. The number of hydrogen-bond acceptors (Lipinski definition) is 4. The van der Waals surface area contributed by atoms with Crippen LogP contribution in [0.3, 0.4) is 0 Å². The minimum Gasteiger partial charge on any atom is -0.135 e. The van der Waals surface area contributed by atoms with E-state index in [4.69, 9.17) is 0 Å². The van der Waals surface area contributed by atoms with Gasteiger partial charge in [-0.1, -0.05) is 30.4 Å². The largest absolute Gasteiger partial charge is 0.135 e. The molecule has 1 aliphatic rings. The Morgan fingerprint density at radius 3 is 3.00 bits per heavy atom. The van der Waals surface area contributed by atoms with E-state index >= 15 is 0 Å². The van der Waals surface area contributed by atoms with E-state index in [0.29, 0.717) is 0 Å². The Balaban J connectivity index is 2.19. The molecule has 0 spiro atoms. The number of hydrogen-bond donors (Lipinski definition) is 0. The van der Waals surface area contributed by atoms with Gasteiger partial charge in [-0.15, -0.1) is 10.2 Å². The number of benzene rings is 1. The van der Waals surface area contributed by atoms with Crippen LogP contribution in [0.4, 0.5) is 0 Å². The minimum atomic E-state index is 0.783. The SMILES string of the molecule is C1=Cc2cccc(-c3cnnnn3)c2C1. The highest BCUT2D eigenvalue weighted by Crippen LogP contribution is 2.28. The number of fused-ring (bicyclic) bond motifs is 1. The van der Waals surface area contributed by atoms with Gasteiger partial charge in [0.25, 0.3) is 0 Å². The van der Waals surface area contributed by atoms with E-state index in [-0.39, 0.29) is 0 Å². The molecule has 0 saturated carbocycles. The normalized spacial score (nSPS) is 12.8. The van der Waals surface area contributed by atoms with Gasteiger partial charge in [0.1, 0.15) is 5.69 Å². The molecule has 0 saturated heterocycles. The van der Waals surface area contributed by atoms with Crippen LogP contribution in [-0.2, 0) is 6.42 Å². The van der Waals surface area contributed by atoms with Crippen LogP contribution in [0.5, 0.6) is 0 Å². The highest BCUT2D eigenvalue weighted by molar-refractivity contribution is 5.73. The van der Waals surface area contributed by atoms with Crippen molar-refractivity contribution < 1.29 is 0 Å². The zero-order valence-corrected chi connectivity index (χ0v) is 7.96. The third-order valence-corrected chi connectivity index (χ3v) is 2.53. The van der Waals surface area contributed by atoms with Gasteiger partial charge in [0.15, 0.2) is 0 Å². The van der Waals surface area contributed by atoms with Gasteiger partial charge in [-0.2, -0.15) is 0 Å². The predicted molar refractivity (Wildman–Crippen MR) is 55.8 cm³/mol. The Bertz CT molecular complexity index is 519. The summed E-state index contributed by atoms with van der Waals surface area (Å²) < 4.78 is 0. The molecule has 0 unspecified atom stereocenters. The van der Waals surface area contributed by atoms with Gasteiger partial charge >= 0.3 is 0 Å². The minimum absolute atomic E-state index is 0.783. The van der Waals surface area contributed by atoms with Crippen LogP contribution in [0.1, 0.15) is 11.1 Å². The Labute approximate surface area is 86.7 Å². The molecule has 15 heavy (non-hydrogen) atoms. The molecule has 0 bridgehead atoms. The van der Waals surface area contributed by atoms with Crippen LogP contribution in [0.2, 0.25) is 0 Å². The van der Waals surface area contributed by atoms with E-state index in [1.807, 2.05) is 12.1 Å². The molecule has 0 N–H and O–H groups in total. The van der Waals surface area contributed by atoms with Gasteiger partial charge in [0, 0.05) is 5.56 Å². The molecule has 3 rings (SSSR count). The van der Waals surface area contributed by atoms with Crippen LogP contribution in [-0.4, -0.2) is 20.6 Å². The molecule has 1 heterocycles. The molecule has 72 valence electrons.